The number of amides is 1. The van der Waals surface area contributed by atoms with Crippen LogP contribution in [-0.2, 0) is 10.2 Å². The second kappa shape index (κ2) is 10.1. The van der Waals surface area contributed by atoms with Gasteiger partial charge in [0.1, 0.15) is 28.6 Å². The summed E-state index contributed by atoms with van der Waals surface area (Å²) < 4.78 is 7.32. The van der Waals surface area contributed by atoms with Crippen molar-refractivity contribution in [1.82, 2.24) is 9.38 Å². The third-order valence-electron chi connectivity index (χ3n) is 5.42. The molecule has 2 aromatic heterocycles. The molecule has 36 heavy (non-hydrogen) atoms. The number of carbonyl (C=O) groups excluding carboxylic acids is 1. The van der Waals surface area contributed by atoms with Crippen LogP contribution in [0.1, 0.15) is 31.9 Å². The van der Waals surface area contributed by atoms with E-state index in [0.29, 0.717) is 22.1 Å². The predicted molar refractivity (Wildman–Crippen MR) is 140 cm³/mol. The third-order valence-corrected chi connectivity index (χ3v) is 5.68. The highest BCUT2D eigenvalue weighted by Gasteiger charge is 2.18. The van der Waals surface area contributed by atoms with E-state index in [1.165, 1.54) is 10.5 Å². The van der Waals surface area contributed by atoms with Gasteiger partial charge >= 0.3 is 0 Å². The highest BCUT2D eigenvalue weighted by molar-refractivity contribution is 6.30. The number of nitriles is 1. The molecule has 0 spiro atoms. The lowest BCUT2D eigenvalue weighted by Crippen LogP contribution is -2.20. The number of anilines is 1. The molecule has 4 aromatic rings. The fraction of sp³-hybridized carbons (Fsp3) is 0.143. The van der Waals surface area contributed by atoms with Crippen LogP contribution in [0.5, 0.6) is 11.6 Å². The summed E-state index contributed by atoms with van der Waals surface area (Å²) in [6, 6.07) is 20.9. The van der Waals surface area contributed by atoms with Crippen molar-refractivity contribution in [3.8, 4) is 17.7 Å². The molecule has 0 aliphatic rings. The monoisotopic (exact) mass is 498 g/mol. The molecule has 8 heteroatoms. The maximum absolute atomic E-state index is 13.3. The summed E-state index contributed by atoms with van der Waals surface area (Å²) in [7, 11) is 0. The standard InChI is InChI=1S/C28H23ClN4O3/c1-28(2,3)19-7-13-22(14-8-19)36-26-23(27(35)33-15-5-4-6-24(33)32-26)16-18(17-30)25(34)31-21-11-9-20(29)10-12-21/h4-16H,1-3H3,(H,31,34). The smallest absolute Gasteiger partial charge is 0.269 e. The number of rotatable bonds is 5. The van der Waals surface area contributed by atoms with Crippen LogP contribution in [0.25, 0.3) is 11.7 Å². The first-order chi connectivity index (χ1) is 17.2. The molecule has 180 valence electrons. The van der Waals surface area contributed by atoms with Crippen molar-refractivity contribution in [2.24, 2.45) is 0 Å². The van der Waals surface area contributed by atoms with Gasteiger partial charge < -0.3 is 10.1 Å². The summed E-state index contributed by atoms with van der Waals surface area (Å²) in [4.78, 5) is 30.6. The van der Waals surface area contributed by atoms with Gasteiger partial charge in [0.05, 0.1) is 0 Å². The molecule has 1 N–H and O–H groups in total. The van der Waals surface area contributed by atoms with Crippen LogP contribution < -0.4 is 15.6 Å². The molecule has 0 fully saturated rings. The van der Waals surface area contributed by atoms with E-state index in [0.717, 1.165) is 5.56 Å². The summed E-state index contributed by atoms with van der Waals surface area (Å²) >= 11 is 5.89. The first-order valence-electron chi connectivity index (χ1n) is 11.1. The Kier molecular flexibility index (Phi) is 6.91. The maximum Gasteiger partial charge on any atom is 0.269 e. The summed E-state index contributed by atoms with van der Waals surface area (Å²) in [5.74, 6) is -0.228. The molecule has 0 saturated carbocycles. The van der Waals surface area contributed by atoms with Crippen molar-refractivity contribution in [2.75, 3.05) is 5.32 Å². The molecule has 0 aliphatic heterocycles. The minimum Gasteiger partial charge on any atom is -0.438 e. The number of benzene rings is 2. The first kappa shape index (κ1) is 24.7. The van der Waals surface area contributed by atoms with Crippen molar-refractivity contribution in [3.05, 3.63) is 105 Å². The molecule has 2 heterocycles. The SMILES string of the molecule is CC(C)(C)c1ccc(Oc2nc3ccccn3c(=O)c2C=C(C#N)C(=O)Nc2ccc(Cl)cc2)cc1. The van der Waals surface area contributed by atoms with Gasteiger partial charge in [0.25, 0.3) is 11.5 Å². The Labute approximate surface area is 213 Å². The van der Waals surface area contributed by atoms with Gasteiger partial charge in [-0.2, -0.15) is 10.2 Å². The van der Waals surface area contributed by atoms with E-state index in [2.05, 4.69) is 31.1 Å². The van der Waals surface area contributed by atoms with Crippen LogP contribution in [0, 0.1) is 11.3 Å². The summed E-state index contributed by atoms with van der Waals surface area (Å²) in [6.07, 6.45) is 2.75. The molecule has 0 bridgehead atoms. The third kappa shape index (κ3) is 5.45. The number of hydrogen-bond acceptors (Lipinski definition) is 5. The number of ether oxygens (including phenoxy) is 1. The highest BCUT2D eigenvalue weighted by Crippen LogP contribution is 2.28. The number of pyridine rings is 1. The fourth-order valence-corrected chi connectivity index (χ4v) is 3.57. The van der Waals surface area contributed by atoms with Gasteiger partial charge in [-0.25, -0.2) is 0 Å². The van der Waals surface area contributed by atoms with E-state index in [-0.39, 0.29) is 22.4 Å². The molecule has 0 unspecified atom stereocenters. The quantitative estimate of drug-likeness (QED) is 0.269. The summed E-state index contributed by atoms with van der Waals surface area (Å²) in [5.41, 5.74) is 1.11. The van der Waals surface area contributed by atoms with Gasteiger partial charge in [-0.3, -0.25) is 14.0 Å². The van der Waals surface area contributed by atoms with Crippen LogP contribution in [0.4, 0.5) is 5.69 Å². The van der Waals surface area contributed by atoms with E-state index < -0.39 is 11.5 Å². The molecule has 0 atom stereocenters. The van der Waals surface area contributed by atoms with Crippen molar-refractivity contribution < 1.29 is 9.53 Å². The predicted octanol–water partition coefficient (Wildman–Crippen LogP) is 5.98. The highest BCUT2D eigenvalue weighted by atomic mass is 35.5. The second-order valence-electron chi connectivity index (χ2n) is 9.07. The molecule has 1 amide bonds. The molecule has 0 aliphatic carbocycles. The molecular formula is C28H23ClN4O3. The number of halogens is 1. The number of fused-ring (bicyclic) bond motifs is 1. The number of carbonyl (C=O) groups is 1. The minimum absolute atomic E-state index is 0.0123. The van der Waals surface area contributed by atoms with Gasteiger partial charge in [-0.05, 0) is 65.6 Å². The fourth-order valence-electron chi connectivity index (χ4n) is 3.44. The Morgan fingerprint density at radius 1 is 1.08 bits per heavy atom. The lowest BCUT2D eigenvalue weighted by Gasteiger charge is -2.19. The van der Waals surface area contributed by atoms with Crippen molar-refractivity contribution in [2.45, 2.75) is 26.2 Å². The maximum atomic E-state index is 13.3. The van der Waals surface area contributed by atoms with E-state index in [4.69, 9.17) is 16.3 Å². The normalized spacial score (nSPS) is 11.7. The lowest BCUT2D eigenvalue weighted by molar-refractivity contribution is -0.112. The largest absolute Gasteiger partial charge is 0.438 e. The number of nitrogens with zero attached hydrogens (tertiary/aromatic N) is 3. The van der Waals surface area contributed by atoms with Crippen molar-refractivity contribution >= 4 is 34.9 Å². The van der Waals surface area contributed by atoms with Crippen LogP contribution in [0.3, 0.4) is 0 Å². The zero-order chi connectivity index (χ0) is 25.9. The Hall–Kier alpha value is -4.41. The lowest BCUT2D eigenvalue weighted by atomic mass is 9.87. The summed E-state index contributed by atoms with van der Waals surface area (Å²) in [6.45, 7) is 6.32. The Morgan fingerprint density at radius 2 is 1.78 bits per heavy atom. The number of hydrogen-bond donors (Lipinski definition) is 1. The minimum atomic E-state index is -0.683. The second-order valence-corrected chi connectivity index (χ2v) is 9.51. The van der Waals surface area contributed by atoms with Crippen LogP contribution in [-0.4, -0.2) is 15.3 Å². The van der Waals surface area contributed by atoms with Crippen LogP contribution in [0.15, 0.2) is 83.3 Å². The topological polar surface area (TPSA) is 96.5 Å². The van der Waals surface area contributed by atoms with Gasteiger partial charge in [-0.15, -0.1) is 0 Å². The van der Waals surface area contributed by atoms with Crippen LogP contribution >= 0.6 is 11.6 Å². The van der Waals surface area contributed by atoms with E-state index >= 15 is 0 Å². The zero-order valence-corrected chi connectivity index (χ0v) is 20.7. The Bertz CT molecular complexity index is 1560. The zero-order valence-electron chi connectivity index (χ0n) is 19.9. The summed E-state index contributed by atoms with van der Waals surface area (Å²) in [5, 5.41) is 12.8. The molecule has 7 nitrogen and oxygen atoms in total. The molecule has 2 aromatic carbocycles. The average Bonchev–Trinajstić information content (AvgIpc) is 2.85. The van der Waals surface area contributed by atoms with Crippen LogP contribution in [0.2, 0.25) is 5.02 Å². The van der Waals surface area contributed by atoms with Gasteiger partial charge in [0.15, 0.2) is 0 Å². The van der Waals surface area contributed by atoms with Gasteiger partial charge in [0.2, 0.25) is 5.88 Å². The Morgan fingerprint density at radius 3 is 2.42 bits per heavy atom. The van der Waals surface area contributed by atoms with Crippen molar-refractivity contribution in [1.29, 1.82) is 5.26 Å². The van der Waals surface area contributed by atoms with Gasteiger partial charge in [0, 0.05) is 16.9 Å². The molecule has 4 rings (SSSR count). The molecule has 0 saturated heterocycles. The van der Waals surface area contributed by atoms with Crippen molar-refractivity contribution in [3.63, 3.8) is 0 Å². The Balaban J connectivity index is 1.76. The molecular weight excluding hydrogens is 476 g/mol. The first-order valence-corrected chi connectivity index (χ1v) is 11.5. The van der Waals surface area contributed by atoms with E-state index in [9.17, 15) is 14.9 Å². The average molecular weight is 499 g/mol. The number of nitrogens with one attached hydrogen (secondary N) is 1. The number of aromatic nitrogens is 2. The van der Waals surface area contributed by atoms with Gasteiger partial charge in [-0.1, -0.05) is 50.6 Å². The van der Waals surface area contributed by atoms with E-state index in [1.54, 1.807) is 60.8 Å². The molecule has 0 radical (unpaired) electrons. The van der Waals surface area contributed by atoms with E-state index in [1.807, 2.05) is 18.2 Å².